The molecule has 0 aliphatic carbocycles. The SMILES string of the molecule is Cc1ccc(NC(=O)C2CCCCN2C(=O)O)cc1. The highest BCUT2D eigenvalue weighted by molar-refractivity contribution is 5.96. The number of rotatable bonds is 2. The summed E-state index contributed by atoms with van der Waals surface area (Å²) in [5.74, 6) is -0.244. The maximum absolute atomic E-state index is 12.2. The van der Waals surface area contributed by atoms with Crippen LogP contribution in [0.15, 0.2) is 24.3 Å². The molecule has 1 aliphatic rings. The van der Waals surface area contributed by atoms with Gasteiger partial charge in [0.2, 0.25) is 5.91 Å². The Morgan fingerprint density at radius 2 is 1.95 bits per heavy atom. The van der Waals surface area contributed by atoms with Crippen LogP contribution in [0.5, 0.6) is 0 Å². The number of nitrogens with zero attached hydrogens (tertiary/aromatic N) is 1. The van der Waals surface area contributed by atoms with Gasteiger partial charge in [0.25, 0.3) is 0 Å². The van der Waals surface area contributed by atoms with Gasteiger partial charge in [-0.05, 0) is 38.3 Å². The molecule has 0 saturated carbocycles. The van der Waals surface area contributed by atoms with E-state index in [0.29, 0.717) is 18.7 Å². The van der Waals surface area contributed by atoms with E-state index in [1.54, 1.807) is 0 Å². The van der Waals surface area contributed by atoms with E-state index in [1.165, 1.54) is 4.90 Å². The Kier molecular flexibility index (Phi) is 4.04. The molecular formula is C14H18N2O3. The Balaban J connectivity index is 2.05. The first kappa shape index (κ1) is 13.4. The molecule has 1 fully saturated rings. The van der Waals surface area contributed by atoms with Crippen LogP contribution in [0.2, 0.25) is 0 Å². The normalized spacial score (nSPS) is 19.0. The summed E-state index contributed by atoms with van der Waals surface area (Å²) in [7, 11) is 0. The van der Waals surface area contributed by atoms with Crippen LogP contribution in [-0.2, 0) is 4.79 Å². The van der Waals surface area contributed by atoms with Crippen LogP contribution in [0.4, 0.5) is 10.5 Å². The van der Waals surface area contributed by atoms with Crippen molar-refractivity contribution in [1.29, 1.82) is 0 Å². The number of anilines is 1. The second-order valence-corrected chi connectivity index (χ2v) is 4.84. The van der Waals surface area contributed by atoms with E-state index in [0.717, 1.165) is 18.4 Å². The monoisotopic (exact) mass is 262 g/mol. The third-order valence-corrected chi connectivity index (χ3v) is 3.37. The second-order valence-electron chi connectivity index (χ2n) is 4.84. The zero-order valence-corrected chi connectivity index (χ0v) is 10.9. The van der Waals surface area contributed by atoms with Gasteiger partial charge in [-0.25, -0.2) is 4.79 Å². The summed E-state index contributed by atoms with van der Waals surface area (Å²) in [6.45, 7) is 2.40. The van der Waals surface area contributed by atoms with Crippen molar-refractivity contribution >= 4 is 17.7 Å². The number of piperidine rings is 1. The van der Waals surface area contributed by atoms with Crippen LogP contribution in [-0.4, -0.2) is 34.6 Å². The summed E-state index contributed by atoms with van der Waals surface area (Å²) in [5.41, 5.74) is 1.81. The lowest BCUT2D eigenvalue weighted by Gasteiger charge is -2.32. The first-order valence-electron chi connectivity index (χ1n) is 6.45. The summed E-state index contributed by atoms with van der Waals surface area (Å²) in [6.07, 6.45) is 1.27. The average Bonchev–Trinajstić information content (AvgIpc) is 2.41. The van der Waals surface area contributed by atoms with Crippen LogP contribution in [0.25, 0.3) is 0 Å². The average molecular weight is 262 g/mol. The lowest BCUT2D eigenvalue weighted by atomic mass is 10.0. The number of benzene rings is 1. The fourth-order valence-electron chi connectivity index (χ4n) is 2.30. The van der Waals surface area contributed by atoms with Gasteiger partial charge in [-0.2, -0.15) is 0 Å². The highest BCUT2D eigenvalue weighted by Gasteiger charge is 2.31. The number of nitrogens with one attached hydrogen (secondary N) is 1. The van der Waals surface area contributed by atoms with E-state index >= 15 is 0 Å². The molecule has 1 heterocycles. The summed E-state index contributed by atoms with van der Waals surface area (Å²) in [4.78, 5) is 24.5. The van der Waals surface area contributed by atoms with Gasteiger partial charge in [-0.3, -0.25) is 9.69 Å². The Hall–Kier alpha value is -2.04. The largest absolute Gasteiger partial charge is 0.465 e. The van der Waals surface area contributed by atoms with Crippen molar-refractivity contribution in [3.8, 4) is 0 Å². The molecule has 5 nitrogen and oxygen atoms in total. The number of hydrogen-bond donors (Lipinski definition) is 2. The number of carboxylic acid groups (broad SMARTS) is 1. The van der Waals surface area contributed by atoms with Crippen LogP contribution in [0.3, 0.4) is 0 Å². The second kappa shape index (κ2) is 5.73. The Morgan fingerprint density at radius 3 is 2.58 bits per heavy atom. The lowest BCUT2D eigenvalue weighted by Crippen LogP contribution is -2.49. The molecule has 1 saturated heterocycles. The van der Waals surface area contributed by atoms with Crippen LogP contribution >= 0.6 is 0 Å². The molecule has 1 unspecified atom stereocenters. The van der Waals surface area contributed by atoms with Crippen molar-refractivity contribution in [1.82, 2.24) is 4.90 Å². The quantitative estimate of drug-likeness (QED) is 0.860. The summed E-state index contributed by atoms with van der Waals surface area (Å²) in [6, 6.07) is 6.88. The smallest absolute Gasteiger partial charge is 0.407 e. The number of amides is 2. The van der Waals surface area contributed by atoms with Crippen molar-refractivity contribution in [3.05, 3.63) is 29.8 Å². The van der Waals surface area contributed by atoms with Gasteiger partial charge in [0.15, 0.2) is 0 Å². The topological polar surface area (TPSA) is 69.6 Å². The van der Waals surface area contributed by atoms with E-state index in [9.17, 15) is 9.59 Å². The molecular weight excluding hydrogens is 244 g/mol. The van der Waals surface area contributed by atoms with Gasteiger partial charge in [0, 0.05) is 12.2 Å². The van der Waals surface area contributed by atoms with E-state index in [1.807, 2.05) is 31.2 Å². The minimum atomic E-state index is -1.02. The fourth-order valence-corrected chi connectivity index (χ4v) is 2.30. The Labute approximate surface area is 112 Å². The Morgan fingerprint density at radius 1 is 1.26 bits per heavy atom. The molecule has 0 spiro atoms. The third-order valence-electron chi connectivity index (χ3n) is 3.37. The first-order valence-corrected chi connectivity index (χ1v) is 6.45. The number of carbonyl (C=O) groups is 2. The van der Waals surface area contributed by atoms with Gasteiger partial charge in [-0.15, -0.1) is 0 Å². The molecule has 2 N–H and O–H groups in total. The first-order chi connectivity index (χ1) is 9.08. The molecule has 102 valence electrons. The van der Waals surface area contributed by atoms with E-state index in [2.05, 4.69) is 5.32 Å². The minimum Gasteiger partial charge on any atom is -0.465 e. The van der Waals surface area contributed by atoms with Crippen molar-refractivity contribution in [2.75, 3.05) is 11.9 Å². The van der Waals surface area contributed by atoms with Crippen LogP contribution in [0.1, 0.15) is 24.8 Å². The van der Waals surface area contributed by atoms with Crippen molar-refractivity contribution in [2.45, 2.75) is 32.2 Å². The van der Waals surface area contributed by atoms with Crippen molar-refractivity contribution in [3.63, 3.8) is 0 Å². The molecule has 2 rings (SSSR count). The maximum Gasteiger partial charge on any atom is 0.407 e. The third kappa shape index (κ3) is 3.24. The van der Waals surface area contributed by atoms with Gasteiger partial charge >= 0.3 is 6.09 Å². The lowest BCUT2D eigenvalue weighted by molar-refractivity contribution is -0.121. The molecule has 2 amide bonds. The predicted molar refractivity (Wildman–Crippen MR) is 72.2 cm³/mol. The van der Waals surface area contributed by atoms with E-state index < -0.39 is 12.1 Å². The molecule has 0 radical (unpaired) electrons. The van der Waals surface area contributed by atoms with Crippen LogP contribution < -0.4 is 5.32 Å². The van der Waals surface area contributed by atoms with Gasteiger partial charge < -0.3 is 10.4 Å². The maximum atomic E-state index is 12.2. The highest BCUT2D eigenvalue weighted by Crippen LogP contribution is 2.19. The molecule has 0 aromatic heterocycles. The van der Waals surface area contributed by atoms with E-state index in [-0.39, 0.29) is 5.91 Å². The molecule has 1 aliphatic heterocycles. The molecule has 1 aromatic carbocycles. The zero-order chi connectivity index (χ0) is 13.8. The highest BCUT2D eigenvalue weighted by atomic mass is 16.4. The molecule has 5 heteroatoms. The Bertz CT molecular complexity index is 470. The van der Waals surface area contributed by atoms with Gasteiger partial charge in [0.05, 0.1) is 0 Å². The number of likely N-dealkylation sites (tertiary alicyclic amines) is 1. The van der Waals surface area contributed by atoms with Crippen molar-refractivity contribution < 1.29 is 14.7 Å². The number of hydrogen-bond acceptors (Lipinski definition) is 2. The summed E-state index contributed by atoms with van der Waals surface area (Å²) < 4.78 is 0. The predicted octanol–water partition coefficient (Wildman–Crippen LogP) is 2.47. The van der Waals surface area contributed by atoms with Crippen molar-refractivity contribution in [2.24, 2.45) is 0 Å². The number of carbonyl (C=O) groups excluding carboxylic acids is 1. The molecule has 19 heavy (non-hydrogen) atoms. The molecule has 1 aromatic rings. The summed E-state index contributed by atoms with van der Waals surface area (Å²) in [5, 5.41) is 11.9. The number of aryl methyl sites for hydroxylation is 1. The fraction of sp³-hybridized carbons (Fsp3) is 0.429. The molecule has 0 bridgehead atoms. The molecule has 1 atom stereocenters. The van der Waals surface area contributed by atoms with E-state index in [4.69, 9.17) is 5.11 Å². The standard InChI is InChI=1S/C14H18N2O3/c1-10-5-7-11(8-6-10)15-13(17)12-4-2-3-9-16(12)14(18)19/h5-8,12H,2-4,9H2,1H3,(H,15,17)(H,18,19). The summed E-state index contributed by atoms with van der Waals surface area (Å²) >= 11 is 0. The zero-order valence-electron chi connectivity index (χ0n) is 10.9. The van der Waals surface area contributed by atoms with Crippen LogP contribution in [0, 0.1) is 6.92 Å². The minimum absolute atomic E-state index is 0.244. The van der Waals surface area contributed by atoms with Gasteiger partial charge in [-0.1, -0.05) is 17.7 Å². The van der Waals surface area contributed by atoms with Gasteiger partial charge in [0.1, 0.15) is 6.04 Å².